The number of piperidine rings is 1. The molecule has 2 aromatic rings. The molecule has 1 fully saturated rings. The minimum absolute atomic E-state index is 0.448. The van der Waals surface area contributed by atoms with E-state index >= 15 is 0 Å². The van der Waals surface area contributed by atoms with Crippen molar-refractivity contribution in [3.63, 3.8) is 0 Å². The lowest BCUT2D eigenvalue weighted by Crippen LogP contribution is -2.36. The van der Waals surface area contributed by atoms with Crippen LogP contribution in [0.3, 0.4) is 0 Å². The Hall–Kier alpha value is -1.35. The Morgan fingerprint density at radius 1 is 1.04 bits per heavy atom. The lowest BCUT2D eigenvalue weighted by atomic mass is 9.80. The number of rotatable bonds is 5. The maximum atomic E-state index is 6.10. The van der Waals surface area contributed by atoms with Crippen molar-refractivity contribution in [1.29, 1.82) is 0 Å². The molecule has 0 spiro atoms. The van der Waals surface area contributed by atoms with E-state index < -0.39 is 0 Å². The highest BCUT2D eigenvalue weighted by atomic mass is 35.5. The van der Waals surface area contributed by atoms with E-state index in [-0.39, 0.29) is 0 Å². The molecule has 0 radical (unpaired) electrons. The Morgan fingerprint density at radius 3 is 2.25 bits per heavy atom. The monoisotopic (exact) mass is 342 g/mol. The summed E-state index contributed by atoms with van der Waals surface area (Å²) in [4.78, 5) is 2.57. The summed E-state index contributed by atoms with van der Waals surface area (Å²) in [5.41, 5.74) is 10.2. The molecular formula is C21H27ClN2. The molecule has 128 valence electrons. The van der Waals surface area contributed by atoms with Gasteiger partial charge in [0.15, 0.2) is 0 Å². The summed E-state index contributed by atoms with van der Waals surface area (Å²) < 4.78 is 0. The molecule has 3 heteroatoms. The number of halogens is 1. The second-order valence-electron chi connectivity index (χ2n) is 6.99. The summed E-state index contributed by atoms with van der Waals surface area (Å²) in [6.07, 6.45) is 2.44. The molecule has 1 aliphatic heterocycles. The zero-order valence-corrected chi connectivity index (χ0v) is 15.2. The second-order valence-corrected chi connectivity index (χ2v) is 7.43. The number of nitrogens with two attached hydrogens (primary N) is 1. The molecule has 1 aliphatic rings. The second kappa shape index (κ2) is 8.15. The normalized spacial score (nSPS) is 17.8. The molecule has 0 aliphatic carbocycles. The predicted octanol–water partition coefficient (Wildman–Crippen LogP) is 4.60. The van der Waals surface area contributed by atoms with E-state index in [9.17, 15) is 0 Å². The van der Waals surface area contributed by atoms with Crippen molar-refractivity contribution in [2.24, 2.45) is 11.7 Å². The zero-order chi connectivity index (χ0) is 16.9. The molecule has 2 aromatic carbocycles. The SMILES string of the molecule is Cc1ccc(CN2CCC(C(CN)c3ccc(Cl)cc3)CC2)cc1. The minimum atomic E-state index is 0.448. The highest BCUT2D eigenvalue weighted by Gasteiger charge is 2.26. The van der Waals surface area contributed by atoms with E-state index in [0.29, 0.717) is 18.4 Å². The maximum absolute atomic E-state index is 6.10. The summed E-state index contributed by atoms with van der Waals surface area (Å²) in [6.45, 7) is 6.22. The highest BCUT2D eigenvalue weighted by molar-refractivity contribution is 6.30. The number of likely N-dealkylation sites (tertiary alicyclic amines) is 1. The van der Waals surface area contributed by atoms with E-state index in [4.69, 9.17) is 17.3 Å². The molecular weight excluding hydrogens is 316 g/mol. The van der Waals surface area contributed by atoms with Gasteiger partial charge in [-0.1, -0.05) is 53.6 Å². The first kappa shape index (κ1) is 17.5. The maximum Gasteiger partial charge on any atom is 0.0406 e. The van der Waals surface area contributed by atoms with E-state index in [1.165, 1.54) is 29.5 Å². The number of hydrogen-bond acceptors (Lipinski definition) is 2. The van der Waals surface area contributed by atoms with Gasteiger partial charge in [0.25, 0.3) is 0 Å². The number of hydrogen-bond donors (Lipinski definition) is 1. The first-order valence-electron chi connectivity index (χ1n) is 8.89. The molecule has 3 rings (SSSR count). The van der Waals surface area contributed by atoms with Crippen LogP contribution in [-0.2, 0) is 6.54 Å². The molecule has 24 heavy (non-hydrogen) atoms. The van der Waals surface area contributed by atoms with Crippen molar-refractivity contribution in [2.45, 2.75) is 32.2 Å². The van der Waals surface area contributed by atoms with Crippen molar-refractivity contribution < 1.29 is 0 Å². The van der Waals surface area contributed by atoms with Gasteiger partial charge in [0.05, 0.1) is 0 Å². The average molecular weight is 343 g/mol. The van der Waals surface area contributed by atoms with Crippen LogP contribution in [0.1, 0.15) is 35.4 Å². The number of benzene rings is 2. The molecule has 0 saturated carbocycles. The molecule has 1 atom stereocenters. The van der Waals surface area contributed by atoms with Gasteiger partial charge in [-0.15, -0.1) is 0 Å². The van der Waals surface area contributed by atoms with Gasteiger partial charge >= 0.3 is 0 Å². The molecule has 2 nitrogen and oxygen atoms in total. The van der Waals surface area contributed by atoms with E-state index in [1.54, 1.807) is 0 Å². The van der Waals surface area contributed by atoms with Gasteiger partial charge in [-0.05, 0) is 74.5 Å². The van der Waals surface area contributed by atoms with Crippen molar-refractivity contribution in [1.82, 2.24) is 4.90 Å². The van der Waals surface area contributed by atoms with Crippen molar-refractivity contribution >= 4 is 11.6 Å². The van der Waals surface area contributed by atoms with Crippen LogP contribution in [0.25, 0.3) is 0 Å². The van der Waals surface area contributed by atoms with Gasteiger partial charge in [-0.3, -0.25) is 4.90 Å². The third kappa shape index (κ3) is 4.38. The fraction of sp³-hybridized carbons (Fsp3) is 0.429. The van der Waals surface area contributed by atoms with Gasteiger partial charge in [-0.2, -0.15) is 0 Å². The topological polar surface area (TPSA) is 29.3 Å². The Morgan fingerprint density at radius 2 is 1.67 bits per heavy atom. The van der Waals surface area contributed by atoms with Gasteiger partial charge in [0, 0.05) is 11.6 Å². The summed E-state index contributed by atoms with van der Waals surface area (Å²) in [5, 5.41) is 0.794. The summed E-state index contributed by atoms with van der Waals surface area (Å²) in [7, 11) is 0. The van der Waals surface area contributed by atoms with Crippen molar-refractivity contribution in [3.05, 3.63) is 70.2 Å². The summed E-state index contributed by atoms with van der Waals surface area (Å²) >= 11 is 6.01. The molecule has 2 N–H and O–H groups in total. The minimum Gasteiger partial charge on any atom is -0.330 e. The van der Waals surface area contributed by atoms with E-state index in [0.717, 1.165) is 24.7 Å². The van der Waals surface area contributed by atoms with Gasteiger partial charge < -0.3 is 5.73 Å². The van der Waals surface area contributed by atoms with Crippen LogP contribution in [0.5, 0.6) is 0 Å². The largest absolute Gasteiger partial charge is 0.330 e. The third-order valence-corrected chi connectivity index (χ3v) is 5.53. The van der Waals surface area contributed by atoms with Gasteiger partial charge in [-0.25, -0.2) is 0 Å². The standard InChI is InChI=1S/C21H27ClN2/c1-16-2-4-17(5-3-16)15-24-12-10-19(11-13-24)21(14-23)18-6-8-20(22)9-7-18/h2-9,19,21H,10-15,23H2,1H3. The lowest BCUT2D eigenvalue weighted by Gasteiger charge is -2.36. The van der Waals surface area contributed by atoms with Crippen LogP contribution in [0.4, 0.5) is 0 Å². The molecule has 1 saturated heterocycles. The van der Waals surface area contributed by atoms with Crippen LogP contribution < -0.4 is 5.73 Å². The fourth-order valence-electron chi connectivity index (χ4n) is 3.78. The lowest BCUT2D eigenvalue weighted by molar-refractivity contribution is 0.163. The Kier molecular flexibility index (Phi) is 5.94. The molecule has 1 heterocycles. The van der Waals surface area contributed by atoms with Gasteiger partial charge in [0.1, 0.15) is 0 Å². The van der Waals surface area contributed by atoms with E-state index in [1.807, 2.05) is 12.1 Å². The highest BCUT2D eigenvalue weighted by Crippen LogP contribution is 2.33. The molecule has 0 aromatic heterocycles. The third-order valence-electron chi connectivity index (χ3n) is 5.28. The number of nitrogens with zero attached hydrogens (tertiary/aromatic N) is 1. The number of aryl methyl sites for hydroxylation is 1. The first-order chi connectivity index (χ1) is 11.7. The van der Waals surface area contributed by atoms with E-state index in [2.05, 4.69) is 48.2 Å². The fourth-order valence-corrected chi connectivity index (χ4v) is 3.90. The van der Waals surface area contributed by atoms with Crippen LogP contribution in [0, 0.1) is 12.8 Å². The Labute approximate surface area is 150 Å². The average Bonchev–Trinajstić information content (AvgIpc) is 2.61. The van der Waals surface area contributed by atoms with Crippen LogP contribution in [0.15, 0.2) is 48.5 Å². The predicted molar refractivity (Wildman–Crippen MR) is 102 cm³/mol. The van der Waals surface area contributed by atoms with Crippen molar-refractivity contribution in [2.75, 3.05) is 19.6 Å². The molecule has 0 amide bonds. The van der Waals surface area contributed by atoms with Crippen LogP contribution in [0.2, 0.25) is 5.02 Å². The van der Waals surface area contributed by atoms with Crippen LogP contribution >= 0.6 is 11.6 Å². The zero-order valence-electron chi connectivity index (χ0n) is 14.4. The molecule has 1 unspecified atom stereocenters. The van der Waals surface area contributed by atoms with Crippen LogP contribution in [-0.4, -0.2) is 24.5 Å². The summed E-state index contributed by atoms with van der Waals surface area (Å²) in [5.74, 6) is 1.12. The Balaban J connectivity index is 1.57. The first-order valence-corrected chi connectivity index (χ1v) is 9.27. The van der Waals surface area contributed by atoms with Crippen molar-refractivity contribution in [3.8, 4) is 0 Å². The molecule has 0 bridgehead atoms. The smallest absolute Gasteiger partial charge is 0.0406 e. The Bertz CT molecular complexity index is 628. The quantitative estimate of drug-likeness (QED) is 0.860. The summed E-state index contributed by atoms with van der Waals surface area (Å²) in [6, 6.07) is 17.1. The van der Waals surface area contributed by atoms with Gasteiger partial charge in [0.2, 0.25) is 0 Å².